The highest BCUT2D eigenvalue weighted by Crippen LogP contribution is 2.29. The van der Waals surface area contributed by atoms with Crippen LogP contribution < -0.4 is 10.2 Å². The Hall–Kier alpha value is -3.14. The number of anilines is 3. The lowest BCUT2D eigenvalue weighted by Gasteiger charge is -2.17. The monoisotopic (exact) mass is 357 g/mol. The second-order valence-corrected chi connectivity index (χ2v) is 7.17. The Kier molecular flexibility index (Phi) is 4.63. The number of fused-ring (bicyclic) bond motifs is 1. The molecule has 0 bridgehead atoms. The van der Waals surface area contributed by atoms with Gasteiger partial charge in [0, 0.05) is 29.8 Å². The topological polar surface area (TPSA) is 45.2 Å². The predicted molar refractivity (Wildman–Crippen MR) is 110 cm³/mol. The summed E-state index contributed by atoms with van der Waals surface area (Å²) in [5.41, 5.74) is 5.82. The van der Waals surface area contributed by atoms with Crippen molar-refractivity contribution < 1.29 is 4.79 Å². The molecular formula is C23H23N3O. The average molecular weight is 357 g/mol. The summed E-state index contributed by atoms with van der Waals surface area (Å²) in [6.07, 6.45) is 2.57. The van der Waals surface area contributed by atoms with E-state index >= 15 is 0 Å². The maximum Gasteiger partial charge on any atom is 0.276 e. The molecule has 2 aromatic carbocycles. The fourth-order valence-corrected chi connectivity index (χ4v) is 3.43. The van der Waals surface area contributed by atoms with Crippen molar-refractivity contribution in [2.24, 2.45) is 0 Å². The molecule has 4 nitrogen and oxygen atoms in total. The Balaban J connectivity index is 1.53. The van der Waals surface area contributed by atoms with Gasteiger partial charge in [-0.05, 0) is 53.8 Å². The van der Waals surface area contributed by atoms with Crippen LogP contribution in [0.5, 0.6) is 0 Å². The molecule has 136 valence electrons. The van der Waals surface area contributed by atoms with Crippen LogP contribution in [0.15, 0.2) is 66.9 Å². The molecule has 1 aliphatic rings. The number of nitrogens with one attached hydrogen (secondary N) is 1. The number of hydrogen-bond acceptors (Lipinski definition) is 3. The second kappa shape index (κ2) is 7.23. The predicted octanol–water partition coefficient (Wildman–Crippen LogP) is 5.15. The van der Waals surface area contributed by atoms with E-state index in [2.05, 4.69) is 54.5 Å². The van der Waals surface area contributed by atoms with Crippen LogP contribution in [0, 0.1) is 0 Å². The molecule has 1 aromatic heterocycles. The van der Waals surface area contributed by atoms with Gasteiger partial charge in [-0.15, -0.1) is 0 Å². The number of hydrogen-bond donors (Lipinski definition) is 1. The number of carbonyl (C=O) groups excluding carboxylic acids is 1. The zero-order valence-corrected chi connectivity index (χ0v) is 15.6. The van der Waals surface area contributed by atoms with Crippen molar-refractivity contribution >= 4 is 23.0 Å². The molecule has 0 aliphatic carbocycles. The van der Waals surface area contributed by atoms with Gasteiger partial charge in [-0.25, -0.2) is 0 Å². The van der Waals surface area contributed by atoms with Crippen LogP contribution in [-0.4, -0.2) is 17.4 Å². The molecule has 4 heteroatoms. The summed E-state index contributed by atoms with van der Waals surface area (Å²) in [5, 5.41) is 3.36. The van der Waals surface area contributed by atoms with E-state index in [1.807, 2.05) is 35.2 Å². The van der Waals surface area contributed by atoms with Crippen molar-refractivity contribution in [2.75, 3.05) is 16.8 Å². The molecule has 1 aliphatic heterocycles. The molecule has 4 rings (SSSR count). The van der Waals surface area contributed by atoms with Gasteiger partial charge in [-0.2, -0.15) is 0 Å². The van der Waals surface area contributed by atoms with Crippen molar-refractivity contribution in [3.8, 4) is 0 Å². The van der Waals surface area contributed by atoms with E-state index in [0.29, 0.717) is 18.2 Å². The van der Waals surface area contributed by atoms with E-state index in [0.717, 1.165) is 23.5 Å². The minimum Gasteiger partial charge on any atom is -0.355 e. The molecule has 0 unspecified atom stereocenters. The van der Waals surface area contributed by atoms with Gasteiger partial charge in [-0.1, -0.05) is 44.2 Å². The summed E-state index contributed by atoms with van der Waals surface area (Å²) in [5.74, 6) is 0.450. The van der Waals surface area contributed by atoms with Gasteiger partial charge >= 0.3 is 0 Å². The van der Waals surface area contributed by atoms with E-state index in [4.69, 9.17) is 0 Å². The lowest BCUT2D eigenvalue weighted by molar-refractivity contribution is 0.0984. The Labute approximate surface area is 159 Å². The molecule has 2 heterocycles. The molecule has 0 spiro atoms. The van der Waals surface area contributed by atoms with Crippen molar-refractivity contribution in [2.45, 2.75) is 26.2 Å². The Bertz CT molecular complexity index is 963. The van der Waals surface area contributed by atoms with Gasteiger partial charge in [0.1, 0.15) is 5.69 Å². The summed E-state index contributed by atoms with van der Waals surface area (Å²) in [6.45, 7) is 5.06. The van der Waals surface area contributed by atoms with E-state index in [1.54, 1.807) is 6.20 Å². The van der Waals surface area contributed by atoms with Crippen LogP contribution in [0.2, 0.25) is 0 Å². The number of nitrogens with zero attached hydrogens (tertiary/aromatic N) is 2. The summed E-state index contributed by atoms with van der Waals surface area (Å²) in [6, 6.07) is 20.1. The normalized spacial score (nSPS) is 12.9. The van der Waals surface area contributed by atoms with Crippen LogP contribution in [-0.2, 0) is 6.42 Å². The van der Waals surface area contributed by atoms with Gasteiger partial charge in [0.05, 0.1) is 0 Å². The van der Waals surface area contributed by atoms with E-state index in [9.17, 15) is 4.79 Å². The summed E-state index contributed by atoms with van der Waals surface area (Å²) < 4.78 is 0. The second-order valence-electron chi connectivity index (χ2n) is 7.17. The standard InChI is InChI=1S/C23H23N3O/c1-16(2)17-7-9-19(10-8-17)25-20-11-13-24-21(15-20)23(27)26-14-12-18-5-3-4-6-22(18)26/h3-11,13,15-16H,12,14H2,1-2H3,(H,24,25). The number of amides is 1. The maximum absolute atomic E-state index is 13.0. The lowest BCUT2D eigenvalue weighted by Crippen LogP contribution is -2.29. The Morgan fingerprint density at radius 1 is 1.04 bits per heavy atom. The largest absolute Gasteiger partial charge is 0.355 e. The van der Waals surface area contributed by atoms with Gasteiger partial charge in [0.2, 0.25) is 0 Å². The first-order valence-corrected chi connectivity index (χ1v) is 9.34. The minimum atomic E-state index is -0.0567. The number of para-hydroxylation sites is 1. The van der Waals surface area contributed by atoms with E-state index in [-0.39, 0.29) is 5.91 Å². The maximum atomic E-state index is 13.0. The zero-order valence-electron chi connectivity index (χ0n) is 15.6. The van der Waals surface area contributed by atoms with Crippen molar-refractivity contribution in [3.63, 3.8) is 0 Å². The SMILES string of the molecule is CC(C)c1ccc(Nc2ccnc(C(=O)N3CCc4ccccc43)c2)cc1. The number of rotatable bonds is 4. The molecule has 3 aromatic rings. The molecule has 0 saturated heterocycles. The molecule has 0 atom stereocenters. The number of carbonyl (C=O) groups is 1. The van der Waals surface area contributed by atoms with Crippen LogP contribution in [0.1, 0.15) is 41.4 Å². The van der Waals surface area contributed by atoms with Crippen LogP contribution in [0.25, 0.3) is 0 Å². The number of pyridine rings is 1. The third kappa shape index (κ3) is 3.56. The van der Waals surface area contributed by atoms with Crippen molar-refractivity contribution in [1.82, 2.24) is 4.98 Å². The number of benzene rings is 2. The Morgan fingerprint density at radius 3 is 2.59 bits per heavy atom. The van der Waals surface area contributed by atoms with Gasteiger partial charge in [-0.3, -0.25) is 9.78 Å². The highest BCUT2D eigenvalue weighted by molar-refractivity contribution is 6.06. The molecule has 1 N–H and O–H groups in total. The zero-order chi connectivity index (χ0) is 18.8. The first kappa shape index (κ1) is 17.3. The van der Waals surface area contributed by atoms with Gasteiger partial charge in [0.15, 0.2) is 0 Å². The summed E-state index contributed by atoms with van der Waals surface area (Å²) in [7, 11) is 0. The fraction of sp³-hybridized carbons (Fsp3) is 0.217. The highest BCUT2D eigenvalue weighted by atomic mass is 16.2. The summed E-state index contributed by atoms with van der Waals surface area (Å²) in [4.78, 5) is 19.1. The van der Waals surface area contributed by atoms with Crippen molar-refractivity contribution in [3.05, 3.63) is 83.7 Å². The summed E-state index contributed by atoms with van der Waals surface area (Å²) >= 11 is 0. The van der Waals surface area contributed by atoms with E-state index in [1.165, 1.54) is 11.1 Å². The van der Waals surface area contributed by atoms with Crippen LogP contribution in [0.3, 0.4) is 0 Å². The van der Waals surface area contributed by atoms with E-state index < -0.39 is 0 Å². The average Bonchev–Trinajstić information content (AvgIpc) is 3.12. The fourth-order valence-electron chi connectivity index (χ4n) is 3.43. The highest BCUT2D eigenvalue weighted by Gasteiger charge is 2.25. The lowest BCUT2D eigenvalue weighted by atomic mass is 10.0. The van der Waals surface area contributed by atoms with Crippen LogP contribution in [0.4, 0.5) is 17.1 Å². The number of aromatic nitrogens is 1. The molecule has 0 radical (unpaired) electrons. The third-order valence-corrected chi connectivity index (χ3v) is 4.98. The quantitative estimate of drug-likeness (QED) is 0.702. The first-order valence-electron chi connectivity index (χ1n) is 9.34. The van der Waals surface area contributed by atoms with Crippen molar-refractivity contribution in [1.29, 1.82) is 0 Å². The Morgan fingerprint density at radius 2 is 1.81 bits per heavy atom. The van der Waals surface area contributed by atoms with Gasteiger partial charge in [0.25, 0.3) is 5.91 Å². The molecule has 27 heavy (non-hydrogen) atoms. The van der Waals surface area contributed by atoms with Gasteiger partial charge < -0.3 is 10.2 Å². The molecular weight excluding hydrogens is 334 g/mol. The molecule has 0 fully saturated rings. The van der Waals surface area contributed by atoms with Crippen LogP contribution >= 0.6 is 0 Å². The third-order valence-electron chi connectivity index (χ3n) is 4.98. The minimum absolute atomic E-state index is 0.0567. The first-order chi connectivity index (χ1) is 13.1. The molecule has 0 saturated carbocycles. The molecule has 1 amide bonds. The smallest absolute Gasteiger partial charge is 0.276 e.